The maximum Gasteiger partial charge on any atom is 0.0594 e. The molecule has 1 aliphatic rings. The molecule has 0 aromatic heterocycles. The van der Waals surface area contributed by atoms with E-state index in [0.717, 1.165) is 26.3 Å². The van der Waals surface area contributed by atoms with Crippen LogP contribution in [0.15, 0.2) is 12.2 Å². The van der Waals surface area contributed by atoms with Crippen LogP contribution in [0, 0.1) is 0 Å². The first-order valence-electron chi connectivity index (χ1n) is 4.19. The van der Waals surface area contributed by atoms with E-state index in [1.165, 1.54) is 5.57 Å². The van der Waals surface area contributed by atoms with E-state index in [9.17, 15) is 0 Å². The second-order valence-electron chi connectivity index (χ2n) is 3.17. The maximum atomic E-state index is 5.26. The summed E-state index contributed by atoms with van der Waals surface area (Å²) in [5.74, 6) is 0. The fourth-order valence-electron chi connectivity index (χ4n) is 1.28. The van der Waals surface area contributed by atoms with Crippen LogP contribution in [0.5, 0.6) is 0 Å². The second kappa shape index (κ2) is 3.88. The normalized spacial score (nSPS) is 23.1. The van der Waals surface area contributed by atoms with Crippen LogP contribution in [0.2, 0.25) is 0 Å². The van der Waals surface area contributed by atoms with Gasteiger partial charge in [-0.25, -0.2) is 0 Å². The minimum Gasteiger partial charge on any atom is -0.379 e. The lowest BCUT2D eigenvalue weighted by Crippen LogP contribution is -2.42. The Balaban J connectivity index is 2.38. The van der Waals surface area contributed by atoms with Gasteiger partial charge in [0, 0.05) is 19.1 Å². The predicted molar refractivity (Wildman–Crippen MR) is 46.7 cm³/mol. The molecule has 2 nitrogen and oxygen atoms in total. The summed E-state index contributed by atoms with van der Waals surface area (Å²) in [7, 11) is 0. The Labute approximate surface area is 68.8 Å². The highest BCUT2D eigenvalue weighted by atomic mass is 16.5. The molecule has 0 aliphatic carbocycles. The number of nitrogens with zero attached hydrogens (tertiary/aromatic N) is 1. The highest BCUT2D eigenvalue weighted by Gasteiger charge is 2.16. The van der Waals surface area contributed by atoms with Crippen LogP contribution in [0.4, 0.5) is 0 Å². The number of hydrogen-bond donors (Lipinski definition) is 0. The molecule has 1 fully saturated rings. The molecule has 1 saturated heterocycles. The van der Waals surface area contributed by atoms with Crippen molar-refractivity contribution in [1.82, 2.24) is 4.90 Å². The summed E-state index contributed by atoms with van der Waals surface area (Å²) in [5.41, 5.74) is 1.24. The average Bonchev–Trinajstić information content (AvgIpc) is 2.05. The van der Waals surface area contributed by atoms with Crippen LogP contribution in [0.3, 0.4) is 0 Å². The molecule has 11 heavy (non-hydrogen) atoms. The highest BCUT2D eigenvalue weighted by Crippen LogP contribution is 2.09. The summed E-state index contributed by atoms with van der Waals surface area (Å²) in [4.78, 5) is 2.41. The van der Waals surface area contributed by atoms with Gasteiger partial charge in [0.2, 0.25) is 0 Å². The molecular formula is C9H17NO. The molecule has 0 aromatic rings. The lowest BCUT2D eigenvalue weighted by Gasteiger charge is -2.32. The van der Waals surface area contributed by atoms with E-state index in [-0.39, 0.29) is 0 Å². The van der Waals surface area contributed by atoms with Gasteiger partial charge < -0.3 is 4.74 Å². The van der Waals surface area contributed by atoms with Gasteiger partial charge >= 0.3 is 0 Å². The van der Waals surface area contributed by atoms with Gasteiger partial charge in [0.1, 0.15) is 0 Å². The zero-order valence-electron chi connectivity index (χ0n) is 7.47. The van der Waals surface area contributed by atoms with E-state index < -0.39 is 0 Å². The Bertz CT molecular complexity index is 138. The number of ether oxygens (including phenoxy) is 1. The molecule has 1 aliphatic heterocycles. The van der Waals surface area contributed by atoms with Gasteiger partial charge in [-0.05, 0) is 13.8 Å². The summed E-state index contributed by atoms with van der Waals surface area (Å²) in [6.07, 6.45) is 0. The monoisotopic (exact) mass is 155 g/mol. The van der Waals surface area contributed by atoms with Gasteiger partial charge in [-0.2, -0.15) is 0 Å². The molecule has 1 rings (SSSR count). The highest BCUT2D eigenvalue weighted by molar-refractivity contribution is 5.00. The zero-order chi connectivity index (χ0) is 8.27. The minimum absolute atomic E-state index is 0.513. The number of rotatable bonds is 2. The first kappa shape index (κ1) is 8.75. The lowest BCUT2D eigenvalue weighted by molar-refractivity contribution is 0.0269. The van der Waals surface area contributed by atoms with Crippen molar-refractivity contribution in [2.75, 3.05) is 26.3 Å². The third kappa shape index (κ3) is 2.31. The molecule has 0 saturated carbocycles. The van der Waals surface area contributed by atoms with E-state index in [2.05, 4.69) is 25.3 Å². The Kier molecular flexibility index (Phi) is 3.09. The van der Waals surface area contributed by atoms with Gasteiger partial charge in [0.15, 0.2) is 0 Å². The summed E-state index contributed by atoms with van der Waals surface area (Å²) in [5, 5.41) is 0. The van der Waals surface area contributed by atoms with Crippen molar-refractivity contribution >= 4 is 0 Å². The van der Waals surface area contributed by atoms with Gasteiger partial charge in [-0.3, -0.25) is 4.90 Å². The maximum absolute atomic E-state index is 5.26. The zero-order valence-corrected chi connectivity index (χ0v) is 7.47. The van der Waals surface area contributed by atoms with Crippen molar-refractivity contribution in [1.29, 1.82) is 0 Å². The van der Waals surface area contributed by atoms with Crippen molar-refractivity contribution in [3.05, 3.63) is 12.2 Å². The smallest absolute Gasteiger partial charge is 0.0594 e. The molecule has 1 unspecified atom stereocenters. The quantitative estimate of drug-likeness (QED) is 0.557. The third-order valence-electron chi connectivity index (χ3n) is 2.31. The second-order valence-corrected chi connectivity index (χ2v) is 3.17. The lowest BCUT2D eigenvalue weighted by atomic mass is 10.1. The van der Waals surface area contributed by atoms with E-state index in [0.29, 0.717) is 6.04 Å². The molecule has 0 spiro atoms. The number of hydrogen-bond acceptors (Lipinski definition) is 2. The fraction of sp³-hybridized carbons (Fsp3) is 0.778. The van der Waals surface area contributed by atoms with Gasteiger partial charge in [0.05, 0.1) is 13.2 Å². The summed E-state index contributed by atoms with van der Waals surface area (Å²) >= 11 is 0. The van der Waals surface area contributed by atoms with Crippen LogP contribution < -0.4 is 0 Å². The standard InChI is InChI=1S/C9H17NO/c1-8(2)9(3)10-4-6-11-7-5-10/h9H,1,4-7H2,2-3H3. The minimum atomic E-state index is 0.513. The Morgan fingerprint density at radius 1 is 1.45 bits per heavy atom. The van der Waals surface area contributed by atoms with Crippen molar-refractivity contribution in [2.24, 2.45) is 0 Å². The molecule has 64 valence electrons. The van der Waals surface area contributed by atoms with Crippen molar-refractivity contribution in [3.63, 3.8) is 0 Å². The van der Waals surface area contributed by atoms with Crippen molar-refractivity contribution in [2.45, 2.75) is 19.9 Å². The van der Waals surface area contributed by atoms with Crippen LogP contribution in [0.1, 0.15) is 13.8 Å². The molecule has 1 atom stereocenters. The summed E-state index contributed by atoms with van der Waals surface area (Å²) in [6, 6.07) is 0.513. The van der Waals surface area contributed by atoms with Crippen LogP contribution in [-0.4, -0.2) is 37.2 Å². The molecular weight excluding hydrogens is 138 g/mol. The molecule has 1 heterocycles. The Hall–Kier alpha value is -0.340. The Morgan fingerprint density at radius 3 is 2.45 bits per heavy atom. The van der Waals surface area contributed by atoms with Gasteiger partial charge in [-0.1, -0.05) is 12.2 Å². The van der Waals surface area contributed by atoms with E-state index in [1.807, 2.05) is 0 Å². The average molecular weight is 155 g/mol. The largest absolute Gasteiger partial charge is 0.379 e. The van der Waals surface area contributed by atoms with Crippen LogP contribution >= 0.6 is 0 Å². The summed E-state index contributed by atoms with van der Waals surface area (Å²) < 4.78 is 5.26. The third-order valence-corrected chi connectivity index (χ3v) is 2.31. The first-order valence-corrected chi connectivity index (χ1v) is 4.19. The van der Waals surface area contributed by atoms with Crippen LogP contribution in [0.25, 0.3) is 0 Å². The molecule has 0 amide bonds. The van der Waals surface area contributed by atoms with E-state index in [1.54, 1.807) is 0 Å². The van der Waals surface area contributed by atoms with Crippen LogP contribution in [-0.2, 0) is 4.74 Å². The van der Waals surface area contributed by atoms with Crippen molar-refractivity contribution < 1.29 is 4.74 Å². The molecule has 0 aromatic carbocycles. The van der Waals surface area contributed by atoms with Gasteiger partial charge in [0.25, 0.3) is 0 Å². The SMILES string of the molecule is C=C(C)C(C)N1CCOCC1. The van der Waals surface area contributed by atoms with Gasteiger partial charge in [-0.15, -0.1) is 0 Å². The molecule has 2 heteroatoms. The first-order chi connectivity index (χ1) is 5.22. The van der Waals surface area contributed by atoms with E-state index in [4.69, 9.17) is 4.74 Å². The predicted octanol–water partition coefficient (Wildman–Crippen LogP) is 1.28. The Morgan fingerprint density at radius 2 is 2.00 bits per heavy atom. The molecule has 0 radical (unpaired) electrons. The fourth-order valence-corrected chi connectivity index (χ4v) is 1.28. The summed E-state index contributed by atoms with van der Waals surface area (Å²) in [6.45, 7) is 12.1. The van der Waals surface area contributed by atoms with Crippen molar-refractivity contribution in [3.8, 4) is 0 Å². The number of morpholine rings is 1. The van der Waals surface area contributed by atoms with E-state index >= 15 is 0 Å². The molecule has 0 N–H and O–H groups in total. The molecule has 0 bridgehead atoms. The topological polar surface area (TPSA) is 12.5 Å².